The summed E-state index contributed by atoms with van der Waals surface area (Å²) in [5.41, 5.74) is 0.209. The molecule has 2 N–H and O–H groups in total. The van der Waals surface area contributed by atoms with Crippen LogP contribution in [-0.4, -0.2) is 42.1 Å². The third-order valence-electron chi connectivity index (χ3n) is 7.93. The zero-order valence-corrected chi connectivity index (χ0v) is 25.3. The van der Waals surface area contributed by atoms with Crippen molar-refractivity contribution in [2.75, 3.05) is 19.8 Å². The summed E-state index contributed by atoms with van der Waals surface area (Å²) in [7, 11) is 0. The number of hydrogen-bond acceptors (Lipinski definition) is 4. The van der Waals surface area contributed by atoms with E-state index >= 15 is 0 Å². The monoisotopic (exact) mass is 564 g/mol. The summed E-state index contributed by atoms with van der Waals surface area (Å²) in [5, 5.41) is 23.5. The maximum absolute atomic E-state index is 11.5. The van der Waals surface area contributed by atoms with Gasteiger partial charge in [-0.05, 0) is 35.4 Å². The van der Waals surface area contributed by atoms with E-state index in [1.807, 2.05) is 30.3 Å². The van der Waals surface area contributed by atoms with Gasteiger partial charge in [-0.1, -0.05) is 134 Å². The van der Waals surface area contributed by atoms with E-state index in [4.69, 9.17) is 9.47 Å². The normalized spacial score (nSPS) is 12.2. The van der Waals surface area contributed by atoms with E-state index in [1.165, 1.54) is 96.3 Å². The summed E-state index contributed by atoms with van der Waals surface area (Å²) in [6.45, 7) is 3.23. The zero-order valence-electron chi connectivity index (χ0n) is 25.3. The Kier molecular flexibility index (Phi) is 15.6. The van der Waals surface area contributed by atoms with Gasteiger partial charge in [-0.15, -0.1) is 0 Å². The largest absolute Gasteiger partial charge is 0.489 e. The number of aliphatic hydroxyl groups excluding tert-OH is 1. The van der Waals surface area contributed by atoms with Gasteiger partial charge in [0.25, 0.3) is 0 Å². The molecule has 0 spiro atoms. The quantitative estimate of drug-likeness (QED) is 0.0885. The van der Waals surface area contributed by atoms with E-state index in [1.54, 1.807) is 18.2 Å². The number of rotatable bonds is 23. The molecule has 0 aromatic heterocycles. The highest BCUT2D eigenvalue weighted by molar-refractivity contribution is 6.07. The highest BCUT2D eigenvalue weighted by Gasteiger charge is 2.14. The van der Waals surface area contributed by atoms with Crippen LogP contribution in [-0.2, 0) is 4.74 Å². The van der Waals surface area contributed by atoms with E-state index in [-0.39, 0.29) is 18.8 Å². The van der Waals surface area contributed by atoms with Crippen molar-refractivity contribution in [3.8, 4) is 5.75 Å². The van der Waals surface area contributed by atoms with Crippen molar-refractivity contribution in [1.82, 2.24) is 0 Å². The van der Waals surface area contributed by atoms with Gasteiger partial charge < -0.3 is 19.7 Å². The van der Waals surface area contributed by atoms with E-state index in [0.717, 1.165) is 28.0 Å². The van der Waals surface area contributed by atoms with Crippen molar-refractivity contribution in [2.45, 2.75) is 116 Å². The Labute approximate surface area is 247 Å². The second-order valence-corrected chi connectivity index (χ2v) is 11.5. The van der Waals surface area contributed by atoms with E-state index in [0.29, 0.717) is 12.4 Å². The number of aliphatic hydroxyl groups is 1. The fourth-order valence-corrected chi connectivity index (χ4v) is 5.51. The SMILES string of the molecule is CCCCCCCCCCCCCCCCCCOCC(O)COc1c2ccccc2cc2ccc(C(=O)O)cc12. The van der Waals surface area contributed by atoms with Gasteiger partial charge in [0.05, 0.1) is 12.2 Å². The van der Waals surface area contributed by atoms with E-state index < -0.39 is 12.1 Å². The van der Waals surface area contributed by atoms with Crippen molar-refractivity contribution >= 4 is 27.5 Å². The lowest BCUT2D eigenvalue weighted by Gasteiger charge is -2.16. The van der Waals surface area contributed by atoms with Gasteiger partial charge in [-0.2, -0.15) is 0 Å². The second kappa shape index (κ2) is 19.5. The van der Waals surface area contributed by atoms with Gasteiger partial charge in [-0.25, -0.2) is 4.79 Å². The molecule has 0 saturated carbocycles. The third-order valence-corrected chi connectivity index (χ3v) is 7.93. The summed E-state index contributed by atoms with van der Waals surface area (Å²) in [6.07, 6.45) is 20.7. The van der Waals surface area contributed by atoms with E-state index in [9.17, 15) is 15.0 Å². The number of hydrogen-bond donors (Lipinski definition) is 2. The molecule has 3 aromatic rings. The molecule has 0 saturated heterocycles. The molecule has 5 heteroatoms. The Morgan fingerprint density at radius 3 is 1.85 bits per heavy atom. The Balaban J connectivity index is 1.24. The molecule has 0 aliphatic rings. The molecule has 0 heterocycles. The lowest BCUT2D eigenvalue weighted by atomic mass is 10.00. The van der Waals surface area contributed by atoms with Gasteiger partial charge in [0.1, 0.15) is 18.5 Å². The van der Waals surface area contributed by atoms with Crippen LogP contribution < -0.4 is 4.74 Å². The number of unbranched alkanes of at least 4 members (excludes halogenated alkanes) is 15. The molecule has 0 bridgehead atoms. The first-order chi connectivity index (χ1) is 20.1. The highest BCUT2D eigenvalue weighted by Crippen LogP contribution is 2.35. The van der Waals surface area contributed by atoms with Crippen LogP contribution in [0.5, 0.6) is 5.75 Å². The van der Waals surface area contributed by atoms with Gasteiger partial charge in [0.15, 0.2) is 0 Å². The fraction of sp³-hybridized carbons (Fsp3) is 0.583. The third kappa shape index (κ3) is 12.0. The summed E-state index contributed by atoms with van der Waals surface area (Å²) in [6, 6.07) is 14.9. The molecule has 5 nitrogen and oxygen atoms in total. The van der Waals surface area contributed by atoms with Crippen molar-refractivity contribution in [3.63, 3.8) is 0 Å². The van der Waals surface area contributed by atoms with Crippen LogP contribution in [0.3, 0.4) is 0 Å². The predicted octanol–water partition coefficient (Wildman–Crippen LogP) is 9.71. The molecule has 3 rings (SSSR count). The number of benzene rings is 3. The molecule has 0 aliphatic heterocycles. The molecule has 41 heavy (non-hydrogen) atoms. The highest BCUT2D eigenvalue weighted by atomic mass is 16.5. The topological polar surface area (TPSA) is 76.0 Å². The van der Waals surface area contributed by atoms with Crippen LogP contribution in [0.25, 0.3) is 21.5 Å². The van der Waals surface area contributed by atoms with Gasteiger partial charge >= 0.3 is 5.97 Å². The smallest absolute Gasteiger partial charge is 0.335 e. The minimum Gasteiger partial charge on any atom is -0.489 e. The minimum absolute atomic E-state index is 0.0827. The maximum atomic E-state index is 11.5. The van der Waals surface area contributed by atoms with Crippen LogP contribution in [0.2, 0.25) is 0 Å². The maximum Gasteiger partial charge on any atom is 0.335 e. The van der Waals surface area contributed by atoms with E-state index in [2.05, 4.69) is 6.92 Å². The van der Waals surface area contributed by atoms with Crippen LogP contribution in [0.15, 0.2) is 48.5 Å². The standard InChI is InChI=1S/C36H52O5/c1-2-3-4-5-6-7-8-9-10-11-12-13-14-15-16-19-24-40-27-32(37)28-41-35-33-21-18-17-20-29(33)25-30-22-23-31(36(38)39)26-34(30)35/h17-18,20-23,25-26,32,37H,2-16,19,24,27-28H2,1H3,(H,38,39). The Morgan fingerprint density at radius 1 is 0.683 bits per heavy atom. The molecule has 0 radical (unpaired) electrons. The molecule has 1 atom stereocenters. The predicted molar refractivity (Wildman–Crippen MR) is 170 cm³/mol. The lowest BCUT2D eigenvalue weighted by Crippen LogP contribution is -2.23. The molecule has 0 amide bonds. The van der Waals surface area contributed by atoms with Crippen molar-refractivity contribution in [1.29, 1.82) is 0 Å². The molecule has 0 aliphatic carbocycles. The summed E-state index contributed by atoms with van der Waals surface area (Å²) >= 11 is 0. The molecule has 0 fully saturated rings. The van der Waals surface area contributed by atoms with Gasteiger partial charge in [0, 0.05) is 17.4 Å². The second-order valence-electron chi connectivity index (χ2n) is 11.5. The number of carboxylic acid groups (broad SMARTS) is 1. The Morgan fingerprint density at radius 2 is 1.24 bits per heavy atom. The number of ether oxygens (including phenoxy) is 2. The van der Waals surface area contributed by atoms with Crippen LogP contribution in [0.1, 0.15) is 120 Å². The first-order valence-corrected chi connectivity index (χ1v) is 16.2. The van der Waals surface area contributed by atoms with Crippen molar-refractivity contribution < 1.29 is 24.5 Å². The molecule has 1 unspecified atom stereocenters. The minimum atomic E-state index is -0.978. The fourth-order valence-electron chi connectivity index (χ4n) is 5.51. The van der Waals surface area contributed by atoms with Gasteiger partial charge in [-0.3, -0.25) is 0 Å². The Bertz CT molecular complexity index is 1160. The summed E-state index contributed by atoms with van der Waals surface area (Å²) in [5.74, 6) is -0.383. The molecular weight excluding hydrogens is 512 g/mol. The summed E-state index contributed by atoms with van der Waals surface area (Å²) in [4.78, 5) is 11.5. The number of aromatic carboxylic acids is 1. The van der Waals surface area contributed by atoms with Crippen LogP contribution in [0, 0.1) is 0 Å². The average Bonchev–Trinajstić information content (AvgIpc) is 2.98. The first-order valence-electron chi connectivity index (χ1n) is 16.2. The Hall–Kier alpha value is -2.63. The van der Waals surface area contributed by atoms with Crippen LogP contribution in [0.4, 0.5) is 0 Å². The molecule has 226 valence electrons. The molecular formula is C36H52O5. The summed E-state index contributed by atoms with van der Waals surface area (Å²) < 4.78 is 11.8. The molecule has 3 aromatic carbocycles. The average molecular weight is 565 g/mol. The lowest BCUT2D eigenvalue weighted by molar-refractivity contribution is 0.0115. The first kappa shape index (κ1) is 32.9. The van der Waals surface area contributed by atoms with Crippen molar-refractivity contribution in [2.24, 2.45) is 0 Å². The van der Waals surface area contributed by atoms with Crippen molar-refractivity contribution in [3.05, 3.63) is 54.1 Å². The zero-order chi connectivity index (χ0) is 29.1. The number of fused-ring (bicyclic) bond motifs is 2. The van der Waals surface area contributed by atoms with Crippen LogP contribution >= 0.6 is 0 Å². The van der Waals surface area contributed by atoms with Gasteiger partial charge in [0.2, 0.25) is 0 Å². The number of carbonyl (C=O) groups is 1. The number of carboxylic acids is 1.